The molecule has 2 heterocycles. The maximum atomic E-state index is 12.7. The summed E-state index contributed by atoms with van der Waals surface area (Å²) in [7, 11) is 0. The number of nitrogens with zero attached hydrogens (tertiary/aromatic N) is 1. The molecular weight excluding hydrogens is 352 g/mol. The number of anilines is 1. The number of benzene rings is 2. The zero-order valence-corrected chi connectivity index (χ0v) is 16.6. The Morgan fingerprint density at radius 3 is 2.74 bits per heavy atom. The van der Waals surface area contributed by atoms with Gasteiger partial charge in [0.05, 0.1) is 6.04 Å². The van der Waals surface area contributed by atoms with Crippen molar-refractivity contribution >= 4 is 22.9 Å². The van der Waals surface area contributed by atoms with Gasteiger partial charge in [0.15, 0.2) is 0 Å². The summed E-state index contributed by atoms with van der Waals surface area (Å²) in [6.45, 7) is 5.69. The molecule has 0 spiro atoms. The number of aryl methyl sites for hydroxylation is 2. The van der Waals surface area contributed by atoms with E-state index in [1.54, 1.807) is 11.3 Å². The van der Waals surface area contributed by atoms with Gasteiger partial charge in [-0.15, -0.1) is 11.3 Å². The van der Waals surface area contributed by atoms with Gasteiger partial charge < -0.3 is 10.2 Å². The Labute approximate surface area is 164 Å². The average molecular weight is 377 g/mol. The molecule has 138 valence electrons. The van der Waals surface area contributed by atoms with Gasteiger partial charge in [0.25, 0.3) is 5.91 Å². The smallest absolute Gasteiger partial charge is 0.251 e. The Morgan fingerprint density at radius 2 is 1.96 bits per heavy atom. The monoisotopic (exact) mass is 376 g/mol. The van der Waals surface area contributed by atoms with E-state index in [4.69, 9.17) is 0 Å². The Bertz CT molecular complexity index is 949. The van der Waals surface area contributed by atoms with E-state index in [0.717, 1.165) is 24.1 Å². The van der Waals surface area contributed by atoms with Crippen molar-refractivity contribution in [2.45, 2.75) is 26.3 Å². The highest BCUT2D eigenvalue weighted by Gasteiger charge is 2.28. The molecule has 4 heteroatoms. The lowest BCUT2D eigenvalue weighted by Gasteiger charge is -2.30. The van der Waals surface area contributed by atoms with E-state index < -0.39 is 0 Å². The molecule has 0 bridgehead atoms. The Kier molecular flexibility index (Phi) is 4.99. The molecule has 0 fully saturated rings. The molecule has 2 aromatic carbocycles. The molecule has 1 N–H and O–H groups in total. The summed E-state index contributed by atoms with van der Waals surface area (Å²) in [5.41, 5.74) is 5.75. The lowest BCUT2D eigenvalue weighted by Crippen LogP contribution is -2.37. The molecule has 1 atom stereocenters. The standard InChI is InChI=1S/C23H24N2OS/c1-16-9-10-19(14-17(16)2)23(26)24-15-21(22-8-5-13-27-22)25-12-11-18-6-3-4-7-20(18)25/h3-10,13-14,21H,11-12,15H2,1-2H3,(H,24,26)/t21-/m0/s1. The third kappa shape index (κ3) is 3.62. The molecule has 1 aliphatic heterocycles. The van der Waals surface area contributed by atoms with Gasteiger partial charge in [0.1, 0.15) is 0 Å². The van der Waals surface area contributed by atoms with Gasteiger partial charge in [0.2, 0.25) is 0 Å². The highest BCUT2D eigenvalue weighted by Crippen LogP contribution is 2.36. The molecule has 0 saturated carbocycles. The molecule has 0 aliphatic carbocycles. The van der Waals surface area contributed by atoms with Gasteiger partial charge in [-0.25, -0.2) is 0 Å². The quantitative estimate of drug-likeness (QED) is 0.687. The molecule has 3 aromatic rings. The molecule has 0 radical (unpaired) electrons. The maximum absolute atomic E-state index is 12.7. The van der Waals surface area contributed by atoms with Crippen molar-refractivity contribution in [2.24, 2.45) is 0 Å². The predicted molar refractivity (Wildman–Crippen MR) is 113 cm³/mol. The average Bonchev–Trinajstić information content (AvgIpc) is 3.35. The van der Waals surface area contributed by atoms with Crippen molar-refractivity contribution in [3.8, 4) is 0 Å². The Hall–Kier alpha value is -2.59. The minimum Gasteiger partial charge on any atom is -0.361 e. The van der Waals surface area contributed by atoms with E-state index >= 15 is 0 Å². The largest absolute Gasteiger partial charge is 0.361 e. The van der Waals surface area contributed by atoms with E-state index in [1.807, 2.05) is 25.1 Å². The molecule has 4 rings (SSSR count). The van der Waals surface area contributed by atoms with Crippen molar-refractivity contribution in [1.29, 1.82) is 0 Å². The number of nitrogens with one attached hydrogen (secondary N) is 1. The van der Waals surface area contributed by atoms with Gasteiger partial charge in [-0.2, -0.15) is 0 Å². The first-order valence-corrected chi connectivity index (χ1v) is 10.2. The summed E-state index contributed by atoms with van der Waals surface area (Å²) in [6.07, 6.45) is 1.06. The van der Waals surface area contributed by atoms with Crippen molar-refractivity contribution in [3.05, 3.63) is 87.1 Å². The number of carbonyl (C=O) groups is 1. The van der Waals surface area contributed by atoms with Crippen LogP contribution in [0, 0.1) is 13.8 Å². The van der Waals surface area contributed by atoms with Gasteiger partial charge in [0, 0.05) is 29.2 Å². The number of amides is 1. The van der Waals surface area contributed by atoms with Crippen LogP contribution < -0.4 is 10.2 Å². The summed E-state index contributed by atoms with van der Waals surface area (Å²) >= 11 is 1.75. The topological polar surface area (TPSA) is 32.3 Å². The van der Waals surface area contributed by atoms with Crippen LogP contribution in [-0.4, -0.2) is 19.0 Å². The number of rotatable bonds is 5. The highest BCUT2D eigenvalue weighted by atomic mass is 32.1. The molecule has 3 nitrogen and oxygen atoms in total. The highest BCUT2D eigenvalue weighted by molar-refractivity contribution is 7.10. The van der Waals surface area contributed by atoms with E-state index in [9.17, 15) is 4.79 Å². The summed E-state index contributed by atoms with van der Waals surface area (Å²) < 4.78 is 0. The zero-order valence-electron chi connectivity index (χ0n) is 15.7. The number of fused-ring (bicyclic) bond motifs is 1. The SMILES string of the molecule is Cc1ccc(C(=O)NC[C@@H](c2cccs2)N2CCc3ccccc32)cc1C. The molecule has 27 heavy (non-hydrogen) atoms. The van der Waals surface area contributed by atoms with E-state index in [0.29, 0.717) is 6.54 Å². The maximum Gasteiger partial charge on any atom is 0.251 e. The molecule has 1 aliphatic rings. The van der Waals surface area contributed by atoms with E-state index in [-0.39, 0.29) is 11.9 Å². The summed E-state index contributed by atoms with van der Waals surface area (Å²) in [4.78, 5) is 16.4. The van der Waals surface area contributed by atoms with Crippen molar-refractivity contribution in [2.75, 3.05) is 18.0 Å². The lowest BCUT2D eigenvalue weighted by molar-refractivity contribution is 0.0951. The van der Waals surface area contributed by atoms with Gasteiger partial charge in [-0.1, -0.05) is 30.3 Å². The van der Waals surface area contributed by atoms with Crippen LogP contribution in [0.4, 0.5) is 5.69 Å². The van der Waals surface area contributed by atoms with Crippen LogP contribution in [0.15, 0.2) is 60.0 Å². The van der Waals surface area contributed by atoms with Gasteiger partial charge >= 0.3 is 0 Å². The number of para-hydroxylation sites is 1. The number of hydrogen-bond donors (Lipinski definition) is 1. The number of carbonyl (C=O) groups excluding carboxylic acids is 1. The number of hydrogen-bond acceptors (Lipinski definition) is 3. The molecule has 1 aromatic heterocycles. The fourth-order valence-electron chi connectivity index (χ4n) is 3.71. The first-order chi connectivity index (χ1) is 13.1. The summed E-state index contributed by atoms with van der Waals surface area (Å²) in [5.74, 6) is -0.00728. The van der Waals surface area contributed by atoms with Crippen LogP contribution in [0.5, 0.6) is 0 Å². The van der Waals surface area contributed by atoms with Crippen molar-refractivity contribution in [3.63, 3.8) is 0 Å². The second-order valence-electron chi connectivity index (χ2n) is 7.11. The third-order valence-corrected chi connectivity index (χ3v) is 6.37. The molecular formula is C23H24N2OS. The van der Waals surface area contributed by atoms with Crippen LogP contribution in [0.3, 0.4) is 0 Å². The first kappa shape index (κ1) is 17.8. The third-order valence-electron chi connectivity index (χ3n) is 5.40. The second kappa shape index (κ2) is 7.57. The fraction of sp³-hybridized carbons (Fsp3) is 0.261. The van der Waals surface area contributed by atoms with Crippen LogP contribution in [0.1, 0.15) is 38.0 Å². The second-order valence-corrected chi connectivity index (χ2v) is 8.09. The van der Waals surface area contributed by atoms with E-state index in [2.05, 4.69) is 58.9 Å². The normalized spacial score (nSPS) is 14.1. The van der Waals surface area contributed by atoms with Crippen molar-refractivity contribution < 1.29 is 4.79 Å². The van der Waals surface area contributed by atoms with Gasteiger partial charge in [-0.05, 0) is 66.6 Å². The Balaban J connectivity index is 1.54. The molecule has 0 unspecified atom stereocenters. The molecule has 0 saturated heterocycles. The van der Waals surface area contributed by atoms with Crippen LogP contribution in [0.25, 0.3) is 0 Å². The minimum atomic E-state index is -0.00728. The fourth-order valence-corrected chi connectivity index (χ4v) is 4.55. The van der Waals surface area contributed by atoms with Crippen LogP contribution in [0.2, 0.25) is 0 Å². The zero-order chi connectivity index (χ0) is 18.8. The summed E-state index contributed by atoms with van der Waals surface area (Å²) in [6, 6.07) is 18.9. The Morgan fingerprint density at radius 1 is 1.11 bits per heavy atom. The van der Waals surface area contributed by atoms with Crippen molar-refractivity contribution in [1.82, 2.24) is 5.32 Å². The van der Waals surface area contributed by atoms with E-state index in [1.165, 1.54) is 21.7 Å². The number of thiophene rings is 1. The van der Waals surface area contributed by atoms with Crippen LogP contribution >= 0.6 is 11.3 Å². The van der Waals surface area contributed by atoms with Crippen LogP contribution in [-0.2, 0) is 6.42 Å². The molecule has 1 amide bonds. The minimum absolute atomic E-state index is 0.00728. The first-order valence-electron chi connectivity index (χ1n) is 9.37. The van der Waals surface area contributed by atoms with Gasteiger partial charge in [-0.3, -0.25) is 4.79 Å². The predicted octanol–water partition coefficient (Wildman–Crippen LogP) is 4.90. The summed E-state index contributed by atoms with van der Waals surface area (Å²) in [5, 5.41) is 5.27. The lowest BCUT2D eigenvalue weighted by atomic mass is 10.1.